The lowest BCUT2D eigenvalue weighted by Crippen LogP contribution is -2.46. The Kier molecular flexibility index (Phi) is 2.74. The first kappa shape index (κ1) is 10.6. The summed E-state index contributed by atoms with van der Waals surface area (Å²) in [6.07, 6.45) is 0.472. The van der Waals surface area contributed by atoms with E-state index < -0.39 is 9.84 Å². The Bertz CT molecular complexity index is 440. The van der Waals surface area contributed by atoms with Gasteiger partial charge in [-0.2, -0.15) is 4.98 Å². The molecule has 0 aromatic carbocycles. The zero-order valence-electron chi connectivity index (χ0n) is 8.43. The molecule has 1 fully saturated rings. The predicted octanol–water partition coefficient (Wildman–Crippen LogP) is -0.693. The molecule has 15 heavy (non-hydrogen) atoms. The Hall–Kier alpha value is -0.950. The summed E-state index contributed by atoms with van der Waals surface area (Å²) in [6.45, 7) is 2.23. The molecule has 1 aliphatic rings. The van der Waals surface area contributed by atoms with Crippen LogP contribution in [0.25, 0.3) is 0 Å². The van der Waals surface area contributed by atoms with Gasteiger partial charge in [0.1, 0.15) is 0 Å². The molecular formula is C8H13N3O3S. The van der Waals surface area contributed by atoms with E-state index in [1.807, 2.05) is 0 Å². The van der Waals surface area contributed by atoms with Crippen molar-refractivity contribution < 1.29 is 12.9 Å². The number of aryl methyl sites for hydroxylation is 1. The van der Waals surface area contributed by atoms with Crippen LogP contribution in [0.15, 0.2) is 4.52 Å². The summed E-state index contributed by atoms with van der Waals surface area (Å²) in [5, 5.41) is 6.78. The molecule has 0 amide bonds. The minimum atomic E-state index is -2.90. The molecule has 0 saturated carbocycles. The van der Waals surface area contributed by atoms with Gasteiger partial charge in [-0.3, -0.25) is 0 Å². The van der Waals surface area contributed by atoms with E-state index in [9.17, 15) is 8.42 Å². The summed E-state index contributed by atoms with van der Waals surface area (Å²) in [5.41, 5.74) is 0. The SMILES string of the molecule is Cc1noc(CC2CS(=O)(=O)CCN2)n1. The van der Waals surface area contributed by atoms with Crippen molar-refractivity contribution >= 4 is 9.84 Å². The third-order valence-electron chi connectivity index (χ3n) is 2.29. The highest BCUT2D eigenvalue weighted by Crippen LogP contribution is 2.07. The van der Waals surface area contributed by atoms with Crippen molar-refractivity contribution in [3.05, 3.63) is 11.7 Å². The van der Waals surface area contributed by atoms with E-state index in [0.717, 1.165) is 0 Å². The van der Waals surface area contributed by atoms with Crippen LogP contribution in [0.1, 0.15) is 11.7 Å². The molecule has 1 aliphatic heterocycles. The van der Waals surface area contributed by atoms with E-state index in [0.29, 0.717) is 24.7 Å². The summed E-state index contributed by atoms with van der Waals surface area (Å²) in [6, 6.07) is -0.108. The monoisotopic (exact) mass is 231 g/mol. The normalized spacial score (nSPS) is 25.3. The topological polar surface area (TPSA) is 85.1 Å². The molecule has 0 aliphatic carbocycles. The molecule has 0 spiro atoms. The lowest BCUT2D eigenvalue weighted by atomic mass is 10.2. The van der Waals surface area contributed by atoms with E-state index in [1.165, 1.54) is 0 Å². The Morgan fingerprint density at radius 1 is 1.60 bits per heavy atom. The maximum Gasteiger partial charge on any atom is 0.228 e. The van der Waals surface area contributed by atoms with Gasteiger partial charge in [0.05, 0.1) is 11.5 Å². The lowest BCUT2D eigenvalue weighted by molar-refractivity contribution is 0.358. The first-order valence-corrected chi connectivity index (χ1v) is 6.60. The lowest BCUT2D eigenvalue weighted by Gasteiger charge is -2.21. The number of nitrogens with one attached hydrogen (secondary N) is 1. The van der Waals surface area contributed by atoms with Crippen molar-refractivity contribution in [1.29, 1.82) is 0 Å². The summed E-state index contributed by atoms with van der Waals surface area (Å²) < 4.78 is 27.6. The van der Waals surface area contributed by atoms with Gasteiger partial charge in [-0.15, -0.1) is 0 Å². The smallest absolute Gasteiger partial charge is 0.228 e. The zero-order valence-corrected chi connectivity index (χ0v) is 9.25. The summed E-state index contributed by atoms with van der Waals surface area (Å²) >= 11 is 0. The van der Waals surface area contributed by atoms with E-state index in [1.54, 1.807) is 6.92 Å². The van der Waals surface area contributed by atoms with Crippen molar-refractivity contribution in [2.75, 3.05) is 18.1 Å². The van der Waals surface area contributed by atoms with Gasteiger partial charge in [-0.05, 0) is 6.92 Å². The van der Waals surface area contributed by atoms with Crippen LogP contribution in [0.3, 0.4) is 0 Å². The number of rotatable bonds is 2. The molecule has 1 saturated heterocycles. The van der Waals surface area contributed by atoms with Gasteiger partial charge in [-0.25, -0.2) is 8.42 Å². The van der Waals surface area contributed by atoms with E-state index in [-0.39, 0.29) is 17.5 Å². The fraction of sp³-hybridized carbons (Fsp3) is 0.750. The van der Waals surface area contributed by atoms with Crippen LogP contribution in [-0.2, 0) is 16.3 Å². The van der Waals surface area contributed by atoms with Crippen LogP contribution in [0.5, 0.6) is 0 Å². The molecule has 6 nitrogen and oxygen atoms in total. The van der Waals surface area contributed by atoms with E-state index in [4.69, 9.17) is 4.52 Å². The average Bonchev–Trinajstić information content (AvgIpc) is 2.49. The Labute approximate surface area is 88.0 Å². The highest BCUT2D eigenvalue weighted by atomic mass is 32.2. The van der Waals surface area contributed by atoms with Gasteiger partial charge in [0.2, 0.25) is 5.89 Å². The number of sulfone groups is 1. The fourth-order valence-corrected chi connectivity index (χ4v) is 3.08. The maximum absolute atomic E-state index is 11.3. The second kappa shape index (κ2) is 3.90. The Morgan fingerprint density at radius 3 is 3.00 bits per heavy atom. The molecule has 1 N–H and O–H groups in total. The largest absolute Gasteiger partial charge is 0.339 e. The van der Waals surface area contributed by atoms with Crippen molar-refractivity contribution in [3.63, 3.8) is 0 Å². The molecule has 1 atom stereocenters. The van der Waals surface area contributed by atoms with Crippen LogP contribution in [0.2, 0.25) is 0 Å². The highest BCUT2D eigenvalue weighted by molar-refractivity contribution is 7.91. The maximum atomic E-state index is 11.3. The molecule has 7 heteroatoms. The van der Waals surface area contributed by atoms with Crippen molar-refractivity contribution in [1.82, 2.24) is 15.5 Å². The number of hydrogen-bond acceptors (Lipinski definition) is 6. The van der Waals surface area contributed by atoms with Crippen molar-refractivity contribution in [3.8, 4) is 0 Å². The minimum Gasteiger partial charge on any atom is -0.339 e. The number of hydrogen-bond donors (Lipinski definition) is 1. The van der Waals surface area contributed by atoms with Crippen LogP contribution >= 0.6 is 0 Å². The van der Waals surface area contributed by atoms with Gasteiger partial charge >= 0.3 is 0 Å². The van der Waals surface area contributed by atoms with Crippen LogP contribution in [0.4, 0.5) is 0 Å². The first-order chi connectivity index (χ1) is 7.05. The molecule has 1 aromatic rings. The van der Waals surface area contributed by atoms with Crippen LogP contribution in [0, 0.1) is 6.92 Å². The molecule has 0 radical (unpaired) electrons. The average molecular weight is 231 g/mol. The van der Waals surface area contributed by atoms with Gasteiger partial charge in [0.25, 0.3) is 0 Å². The second-order valence-electron chi connectivity index (χ2n) is 3.70. The van der Waals surface area contributed by atoms with Crippen LogP contribution in [-0.4, -0.2) is 42.7 Å². The predicted molar refractivity (Wildman–Crippen MR) is 53.2 cm³/mol. The molecule has 1 unspecified atom stereocenters. The minimum absolute atomic E-state index is 0.108. The molecular weight excluding hydrogens is 218 g/mol. The Morgan fingerprint density at radius 2 is 2.40 bits per heavy atom. The van der Waals surface area contributed by atoms with Gasteiger partial charge in [-0.1, -0.05) is 5.16 Å². The summed E-state index contributed by atoms with van der Waals surface area (Å²) in [4.78, 5) is 4.04. The van der Waals surface area contributed by atoms with Crippen molar-refractivity contribution in [2.24, 2.45) is 0 Å². The summed E-state index contributed by atoms with van der Waals surface area (Å²) in [7, 11) is -2.90. The molecule has 1 aromatic heterocycles. The van der Waals surface area contributed by atoms with Gasteiger partial charge < -0.3 is 9.84 Å². The highest BCUT2D eigenvalue weighted by Gasteiger charge is 2.25. The summed E-state index contributed by atoms with van der Waals surface area (Å²) in [5.74, 6) is 1.42. The molecule has 84 valence electrons. The van der Waals surface area contributed by atoms with Crippen molar-refractivity contribution in [2.45, 2.75) is 19.4 Å². The zero-order chi connectivity index (χ0) is 10.9. The van der Waals surface area contributed by atoms with E-state index >= 15 is 0 Å². The fourth-order valence-electron chi connectivity index (χ4n) is 1.63. The standard InChI is InChI=1S/C8H13N3O3S/c1-6-10-8(14-11-6)4-7-5-15(12,13)3-2-9-7/h7,9H,2-5H2,1H3. The van der Waals surface area contributed by atoms with E-state index in [2.05, 4.69) is 15.5 Å². The third kappa shape index (κ3) is 2.75. The molecule has 2 rings (SSSR count). The third-order valence-corrected chi connectivity index (χ3v) is 4.03. The molecule has 0 bridgehead atoms. The number of aromatic nitrogens is 2. The van der Waals surface area contributed by atoms with Crippen LogP contribution < -0.4 is 5.32 Å². The quantitative estimate of drug-likeness (QED) is 0.725. The number of nitrogens with zero attached hydrogens (tertiary/aromatic N) is 2. The van der Waals surface area contributed by atoms with Gasteiger partial charge in [0, 0.05) is 19.0 Å². The first-order valence-electron chi connectivity index (χ1n) is 4.78. The Balaban J connectivity index is 2.01. The van der Waals surface area contributed by atoms with Gasteiger partial charge in [0.15, 0.2) is 15.7 Å². The molecule has 2 heterocycles. The second-order valence-corrected chi connectivity index (χ2v) is 5.93.